The molecule has 1 aliphatic heterocycles. The smallest absolute Gasteiger partial charge is 0.223 e. The van der Waals surface area contributed by atoms with E-state index in [0.717, 1.165) is 38.3 Å². The summed E-state index contributed by atoms with van der Waals surface area (Å²) in [7, 11) is 0. The summed E-state index contributed by atoms with van der Waals surface area (Å²) >= 11 is 0. The van der Waals surface area contributed by atoms with E-state index in [0.29, 0.717) is 24.0 Å². The summed E-state index contributed by atoms with van der Waals surface area (Å²) < 4.78 is 10.7. The molecule has 1 saturated heterocycles. The third kappa shape index (κ3) is 5.25. The van der Waals surface area contributed by atoms with Gasteiger partial charge in [-0.3, -0.25) is 9.80 Å². The zero-order chi connectivity index (χ0) is 18.4. The fourth-order valence-electron chi connectivity index (χ4n) is 3.00. The summed E-state index contributed by atoms with van der Waals surface area (Å²) in [6.45, 7) is 7.15. The molecule has 0 saturated carbocycles. The molecule has 1 aromatic carbocycles. The molecule has 142 valence electrons. The molecule has 8 nitrogen and oxygen atoms in total. The van der Waals surface area contributed by atoms with Crippen LogP contribution in [-0.4, -0.2) is 88.7 Å². The molecule has 1 unspecified atom stereocenters. The largest absolute Gasteiger partial charge is 0.491 e. The number of rotatable bonds is 8. The number of aryl methyl sites for hydroxylation is 1. The van der Waals surface area contributed by atoms with Gasteiger partial charge in [-0.15, -0.1) is 0 Å². The van der Waals surface area contributed by atoms with Gasteiger partial charge in [-0.2, -0.15) is 4.98 Å². The topological polar surface area (TPSA) is 95.1 Å². The van der Waals surface area contributed by atoms with Crippen LogP contribution in [0.2, 0.25) is 0 Å². The van der Waals surface area contributed by atoms with Gasteiger partial charge < -0.3 is 19.5 Å². The predicted octanol–water partition coefficient (Wildman–Crippen LogP) is 0.395. The zero-order valence-corrected chi connectivity index (χ0v) is 15.0. The van der Waals surface area contributed by atoms with Crippen molar-refractivity contribution >= 4 is 0 Å². The number of hydrogen-bond donors (Lipinski definition) is 2. The summed E-state index contributed by atoms with van der Waals surface area (Å²) in [6.07, 6.45) is -0.543. The second-order valence-corrected chi connectivity index (χ2v) is 6.49. The van der Waals surface area contributed by atoms with Crippen LogP contribution in [-0.2, 0) is 0 Å². The molecule has 0 bridgehead atoms. The maximum Gasteiger partial charge on any atom is 0.223 e. The van der Waals surface area contributed by atoms with E-state index in [1.54, 1.807) is 6.92 Å². The van der Waals surface area contributed by atoms with Crippen molar-refractivity contribution in [1.82, 2.24) is 19.9 Å². The Balaban J connectivity index is 1.41. The van der Waals surface area contributed by atoms with Crippen LogP contribution in [0.5, 0.6) is 5.75 Å². The fourth-order valence-corrected chi connectivity index (χ4v) is 3.00. The number of aliphatic hydroxyl groups is 2. The van der Waals surface area contributed by atoms with Gasteiger partial charge in [0.2, 0.25) is 11.7 Å². The summed E-state index contributed by atoms with van der Waals surface area (Å²) in [4.78, 5) is 8.64. The Bertz CT molecular complexity index is 668. The third-order valence-electron chi connectivity index (χ3n) is 4.43. The van der Waals surface area contributed by atoms with Crippen LogP contribution >= 0.6 is 0 Å². The Labute approximate surface area is 153 Å². The van der Waals surface area contributed by atoms with E-state index in [4.69, 9.17) is 14.4 Å². The molecule has 2 heterocycles. The second-order valence-electron chi connectivity index (χ2n) is 6.49. The van der Waals surface area contributed by atoms with Gasteiger partial charge in [0.1, 0.15) is 18.5 Å². The summed E-state index contributed by atoms with van der Waals surface area (Å²) in [5, 5.41) is 23.1. The standard InChI is InChI=1S/C18H26N4O4/c1-14-19-18(20-26-14)15-2-4-17(5-3-15)25-13-16(24)12-22-8-6-21(7-9-22)10-11-23/h2-5,16,23-24H,6-13H2,1H3. The average molecular weight is 362 g/mol. The number of β-amino-alcohol motifs (C(OH)–C–C–N with tert-alkyl or cyclic N) is 2. The summed E-state index contributed by atoms with van der Waals surface area (Å²) in [5.74, 6) is 1.77. The first-order valence-corrected chi connectivity index (χ1v) is 8.91. The van der Waals surface area contributed by atoms with Gasteiger partial charge in [-0.1, -0.05) is 5.16 Å². The van der Waals surface area contributed by atoms with E-state index in [2.05, 4.69) is 19.9 Å². The van der Waals surface area contributed by atoms with Crippen molar-refractivity contribution in [3.63, 3.8) is 0 Å². The molecule has 3 rings (SSSR count). The van der Waals surface area contributed by atoms with Crippen LogP contribution < -0.4 is 4.74 Å². The van der Waals surface area contributed by atoms with Crippen LogP contribution in [0.25, 0.3) is 11.4 Å². The van der Waals surface area contributed by atoms with Gasteiger partial charge in [0, 0.05) is 51.8 Å². The van der Waals surface area contributed by atoms with E-state index < -0.39 is 6.10 Å². The molecule has 0 amide bonds. The van der Waals surface area contributed by atoms with Gasteiger partial charge in [-0.25, -0.2) is 0 Å². The first-order chi connectivity index (χ1) is 12.6. The average Bonchev–Trinajstić information content (AvgIpc) is 3.09. The van der Waals surface area contributed by atoms with E-state index in [-0.39, 0.29) is 13.2 Å². The molecule has 2 aromatic rings. The molecule has 1 aliphatic rings. The van der Waals surface area contributed by atoms with Gasteiger partial charge >= 0.3 is 0 Å². The van der Waals surface area contributed by atoms with Crippen molar-refractivity contribution in [1.29, 1.82) is 0 Å². The van der Waals surface area contributed by atoms with Crippen molar-refractivity contribution in [3.05, 3.63) is 30.2 Å². The summed E-state index contributed by atoms with van der Waals surface area (Å²) in [5.41, 5.74) is 0.857. The minimum absolute atomic E-state index is 0.196. The number of ether oxygens (including phenoxy) is 1. The van der Waals surface area contributed by atoms with Crippen LogP contribution in [0.1, 0.15) is 5.89 Å². The first-order valence-electron chi connectivity index (χ1n) is 8.91. The van der Waals surface area contributed by atoms with Crippen molar-refractivity contribution in [3.8, 4) is 17.1 Å². The van der Waals surface area contributed by atoms with E-state index >= 15 is 0 Å². The Morgan fingerprint density at radius 2 is 1.85 bits per heavy atom. The third-order valence-corrected chi connectivity index (χ3v) is 4.43. The van der Waals surface area contributed by atoms with Crippen LogP contribution in [0.3, 0.4) is 0 Å². The predicted molar refractivity (Wildman–Crippen MR) is 95.9 cm³/mol. The molecule has 2 N–H and O–H groups in total. The fraction of sp³-hybridized carbons (Fsp3) is 0.556. The van der Waals surface area contributed by atoms with Gasteiger partial charge in [0.15, 0.2) is 0 Å². The monoisotopic (exact) mass is 362 g/mol. The SMILES string of the molecule is Cc1nc(-c2ccc(OCC(O)CN3CCN(CCO)CC3)cc2)no1. The van der Waals surface area contributed by atoms with Crippen molar-refractivity contribution < 1.29 is 19.5 Å². The Morgan fingerprint density at radius 1 is 1.15 bits per heavy atom. The zero-order valence-electron chi connectivity index (χ0n) is 15.0. The number of benzene rings is 1. The van der Waals surface area contributed by atoms with Gasteiger partial charge in [-0.05, 0) is 24.3 Å². The van der Waals surface area contributed by atoms with Crippen LogP contribution in [0, 0.1) is 6.92 Å². The highest BCUT2D eigenvalue weighted by Gasteiger charge is 2.19. The number of piperazine rings is 1. The Kier molecular flexibility index (Phi) is 6.56. The second kappa shape index (κ2) is 9.09. The molecular weight excluding hydrogens is 336 g/mol. The minimum atomic E-state index is -0.543. The lowest BCUT2D eigenvalue weighted by Crippen LogP contribution is -2.49. The lowest BCUT2D eigenvalue weighted by atomic mass is 10.2. The molecule has 1 fully saturated rings. The van der Waals surface area contributed by atoms with E-state index in [1.807, 2.05) is 24.3 Å². The molecule has 0 radical (unpaired) electrons. The highest BCUT2D eigenvalue weighted by Crippen LogP contribution is 2.20. The molecular formula is C18H26N4O4. The normalized spacial score (nSPS) is 17.3. The molecule has 0 aliphatic carbocycles. The van der Waals surface area contributed by atoms with Gasteiger partial charge in [0.05, 0.1) is 6.61 Å². The van der Waals surface area contributed by atoms with E-state index in [1.165, 1.54) is 0 Å². The quantitative estimate of drug-likeness (QED) is 0.697. The maximum atomic E-state index is 10.2. The highest BCUT2D eigenvalue weighted by atomic mass is 16.5. The number of aromatic nitrogens is 2. The molecule has 26 heavy (non-hydrogen) atoms. The molecule has 8 heteroatoms. The summed E-state index contributed by atoms with van der Waals surface area (Å²) in [6, 6.07) is 7.40. The molecule has 1 atom stereocenters. The molecule has 1 aromatic heterocycles. The number of nitrogens with zero attached hydrogens (tertiary/aromatic N) is 4. The highest BCUT2D eigenvalue weighted by molar-refractivity contribution is 5.55. The molecule has 0 spiro atoms. The van der Waals surface area contributed by atoms with Crippen LogP contribution in [0.4, 0.5) is 0 Å². The lowest BCUT2D eigenvalue weighted by Gasteiger charge is -2.35. The van der Waals surface area contributed by atoms with Crippen molar-refractivity contribution in [2.75, 3.05) is 52.5 Å². The minimum Gasteiger partial charge on any atom is -0.491 e. The number of aliphatic hydroxyl groups excluding tert-OH is 2. The van der Waals surface area contributed by atoms with Gasteiger partial charge in [0.25, 0.3) is 0 Å². The van der Waals surface area contributed by atoms with Crippen LogP contribution in [0.15, 0.2) is 28.8 Å². The first kappa shape index (κ1) is 18.8. The maximum absolute atomic E-state index is 10.2. The Hall–Kier alpha value is -2.00. The van der Waals surface area contributed by atoms with Crippen molar-refractivity contribution in [2.24, 2.45) is 0 Å². The lowest BCUT2D eigenvalue weighted by molar-refractivity contribution is 0.0428. The van der Waals surface area contributed by atoms with Crippen molar-refractivity contribution in [2.45, 2.75) is 13.0 Å². The number of hydrogen-bond acceptors (Lipinski definition) is 8. The Morgan fingerprint density at radius 3 is 2.46 bits per heavy atom. The van der Waals surface area contributed by atoms with E-state index in [9.17, 15) is 5.11 Å².